The van der Waals surface area contributed by atoms with Crippen molar-refractivity contribution < 1.29 is 4.79 Å². The van der Waals surface area contributed by atoms with Crippen LogP contribution in [0.5, 0.6) is 0 Å². The summed E-state index contributed by atoms with van der Waals surface area (Å²) >= 11 is 1.65. The van der Waals surface area contributed by atoms with E-state index in [-0.39, 0.29) is 11.8 Å². The normalized spacial score (nSPS) is 23.3. The zero-order valence-corrected chi connectivity index (χ0v) is 11.8. The highest BCUT2D eigenvalue weighted by atomic mass is 32.1. The van der Waals surface area contributed by atoms with Gasteiger partial charge in [0.2, 0.25) is 5.91 Å². The van der Waals surface area contributed by atoms with Crippen LogP contribution in [0.1, 0.15) is 34.8 Å². The van der Waals surface area contributed by atoms with Gasteiger partial charge in [-0.05, 0) is 39.2 Å². The minimum Gasteiger partial charge on any atom is -0.349 e. The molecule has 18 heavy (non-hydrogen) atoms. The zero-order valence-electron chi connectivity index (χ0n) is 11.0. The summed E-state index contributed by atoms with van der Waals surface area (Å²) in [6.45, 7) is 5.22. The Labute approximate surface area is 112 Å². The second-order valence-electron chi connectivity index (χ2n) is 5.00. The molecule has 1 heterocycles. The number of aromatic nitrogens is 1. The Morgan fingerprint density at radius 3 is 2.89 bits per heavy atom. The van der Waals surface area contributed by atoms with Crippen LogP contribution in [0.3, 0.4) is 0 Å². The third-order valence-electron chi connectivity index (χ3n) is 3.79. The van der Waals surface area contributed by atoms with Gasteiger partial charge in [-0.2, -0.15) is 0 Å². The molecule has 0 unspecified atom stereocenters. The van der Waals surface area contributed by atoms with Crippen molar-refractivity contribution in [2.45, 2.75) is 39.7 Å². The summed E-state index contributed by atoms with van der Waals surface area (Å²) in [4.78, 5) is 17.7. The quantitative estimate of drug-likeness (QED) is 0.873. The summed E-state index contributed by atoms with van der Waals surface area (Å²) in [5.41, 5.74) is 6.76. The van der Waals surface area contributed by atoms with Crippen LogP contribution in [0, 0.1) is 25.7 Å². The van der Waals surface area contributed by atoms with E-state index in [0.717, 1.165) is 30.0 Å². The van der Waals surface area contributed by atoms with Crippen molar-refractivity contribution in [2.24, 2.45) is 17.6 Å². The van der Waals surface area contributed by atoms with E-state index in [0.29, 0.717) is 19.0 Å². The van der Waals surface area contributed by atoms with Gasteiger partial charge in [-0.25, -0.2) is 4.98 Å². The highest BCUT2D eigenvalue weighted by Crippen LogP contribution is 2.31. The summed E-state index contributed by atoms with van der Waals surface area (Å²) in [6, 6.07) is 0. The van der Waals surface area contributed by atoms with Gasteiger partial charge in [-0.1, -0.05) is 6.42 Å². The average molecular weight is 267 g/mol. The van der Waals surface area contributed by atoms with Crippen LogP contribution < -0.4 is 11.1 Å². The van der Waals surface area contributed by atoms with Crippen molar-refractivity contribution in [1.82, 2.24) is 10.3 Å². The molecule has 100 valence electrons. The molecule has 1 aromatic heterocycles. The smallest absolute Gasteiger partial charge is 0.223 e. The molecule has 1 aliphatic carbocycles. The van der Waals surface area contributed by atoms with Crippen molar-refractivity contribution in [2.75, 3.05) is 6.54 Å². The molecular weight excluding hydrogens is 246 g/mol. The van der Waals surface area contributed by atoms with E-state index in [4.69, 9.17) is 5.73 Å². The molecule has 3 N–H and O–H groups in total. The van der Waals surface area contributed by atoms with E-state index in [9.17, 15) is 4.79 Å². The van der Waals surface area contributed by atoms with Gasteiger partial charge in [0.1, 0.15) is 5.01 Å². The molecule has 0 bridgehead atoms. The fraction of sp³-hybridized carbons (Fsp3) is 0.692. The molecule has 1 fully saturated rings. The van der Waals surface area contributed by atoms with Crippen molar-refractivity contribution in [3.8, 4) is 0 Å². The molecule has 0 radical (unpaired) electrons. The first kappa shape index (κ1) is 13.5. The first-order chi connectivity index (χ1) is 8.61. The number of aryl methyl sites for hydroxylation is 2. The lowest BCUT2D eigenvalue weighted by atomic mass is 9.95. The molecule has 2 rings (SSSR count). The summed E-state index contributed by atoms with van der Waals surface area (Å²) in [7, 11) is 0. The number of carbonyl (C=O) groups excluding carboxylic acids is 1. The Hall–Kier alpha value is -0.940. The van der Waals surface area contributed by atoms with E-state index < -0.39 is 0 Å². The van der Waals surface area contributed by atoms with Crippen molar-refractivity contribution in [1.29, 1.82) is 0 Å². The van der Waals surface area contributed by atoms with Gasteiger partial charge in [-0.3, -0.25) is 4.79 Å². The predicted octanol–water partition coefficient (Wildman–Crippen LogP) is 1.75. The number of thiazole rings is 1. The number of amides is 1. The summed E-state index contributed by atoms with van der Waals surface area (Å²) < 4.78 is 0. The maximum absolute atomic E-state index is 12.1. The van der Waals surface area contributed by atoms with Crippen LogP contribution in [-0.2, 0) is 11.3 Å². The van der Waals surface area contributed by atoms with Crippen molar-refractivity contribution in [3.05, 3.63) is 15.6 Å². The highest BCUT2D eigenvalue weighted by molar-refractivity contribution is 7.11. The van der Waals surface area contributed by atoms with E-state index in [1.54, 1.807) is 11.3 Å². The number of carbonyl (C=O) groups is 1. The van der Waals surface area contributed by atoms with Gasteiger partial charge in [-0.15, -0.1) is 11.3 Å². The third-order valence-corrected chi connectivity index (χ3v) is 4.86. The number of nitrogens with zero attached hydrogens (tertiary/aromatic N) is 1. The van der Waals surface area contributed by atoms with E-state index in [1.165, 1.54) is 4.88 Å². The standard InChI is InChI=1S/C13H21N3OS/c1-8-9(2)18-12(16-8)7-15-13(17)11-5-3-4-10(11)6-14/h10-11H,3-7,14H2,1-2H3,(H,15,17)/t10-,11-/m1/s1. The molecule has 4 nitrogen and oxygen atoms in total. The van der Waals surface area contributed by atoms with E-state index in [1.807, 2.05) is 6.92 Å². The maximum atomic E-state index is 12.1. The van der Waals surface area contributed by atoms with Crippen LogP contribution in [0.4, 0.5) is 0 Å². The van der Waals surface area contributed by atoms with Crippen LogP contribution >= 0.6 is 11.3 Å². The second kappa shape index (κ2) is 5.80. The number of nitrogens with two attached hydrogens (primary N) is 1. The lowest BCUT2D eigenvalue weighted by Crippen LogP contribution is -2.34. The number of hydrogen-bond donors (Lipinski definition) is 2. The average Bonchev–Trinajstić information content (AvgIpc) is 2.94. The predicted molar refractivity (Wildman–Crippen MR) is 73.3 cm³/mol. The van der Waals surface area contributed by atoms with Crippen LogP contribution in [0.15, 0.2) is 0 Å². The van der Waals surface area contributed by atoms with Crippen molar-refractivity contribution in [3.63, 3.8) is 0 Å². The van der Waals surface area contributed by atoms with Gasteiger partial charge in [0.05, 0.1) is 12.2 Å². The molecule has 1 aliphatic rings. The SMILES string of the molecule is Cc1nc(CNC(=O)[C@@H]2CCC[C@@H]2CN)sc1C. The number of rotatable bonds is 4. The molecule has 0 aliphatic heterocycles. The second-order valence-corrected chi connectivity index (χ2v) is 6.29. The Kier molecular flexibility index (Phi) is 4.35. The zero-order chi connectivity index (χ0) is 13.1. The minimum atomic E-state index is 0.108. The lowest BCUT2D eigenvalue weighted by Gasteiger charge is -2.16. The topological polar surface area (TPSA) is 68.0 Å². The molecule has 0 aromatic carbocycles. The molecule has 1 amide bonds. The Morgan fingerprint density at radius 1 is 1.50 bits per heavy atom. The monoisotopic (exact) mass is 267 g/mol. The minimum absolute atomic E-state index is 0.108. The maximum Gasteiger partial charge on any atom is 0.223 e. The van der Waals surface area contributed by atoms with E-state index >= 15 is 0 Å². The molecule has 1 saturated carbocycles. The van der Waals surface area contributed by atoms with Gasteiger partial charge in [0.15, 0.2) is 0 Å². The summed E-state index contributed by atoms with van der Waals surface area (Å²) in [6.07, 6.45) is 3.18. The highest BCUT2D eigenvalue weighted by Gasteiger charge is 2.31. The van der Waals surface area contributed by atoms with Crippen LogP contribution in [0.25, 0.3) is 0 Å². The molecule has 0 spiro atoms. The van der Waals surface area contributed by atoms with Crippen molar-refractivity contribution >= 4 is 17.2 Å². The summed E-state index contributed by atoms with van der Waals surface area (Å²) in [5.74, 6) is 0.621. The molecular formula is C13H21N3OS. The Bertz CT molecular complexity index is 410. The fourth-order valence-corrected chi connectivity index (χ4v) is 3.45. The fourth-order valence-electron chi connectivity index (χ4n) is 2.57. The molecule has 0 saturated heterocycles. The van der Waals surface area contributed by atoms with Crippen LogP contribution in [0.2, 0.25) is 0 Å². The summed E-state index contributed by atoms with van der Waals surface area (Å²) in [5, 5.41) is 3.99. The van der Waals surface area contributed by atoms with Gasteiger partial charge in [0, 0.05) is 10.8 Å². The first-order valence-corrected chi connectivity index (χ1v) is 7.34. The van der Waals surface area contributed by atoms with Gasteiger partial charge in [0.25, 0.3) is 0 Å². The first-order valence-electron chi connectivity index (χ1n) is 6.52. The Morgan fingerprint density at radius 2 is 2.28 bits per heavy atom. The third kappa shape index (κ3) is 2.90. The molecule has 1 aromatic rings. The van der Waals surface area contributed by atoms with Gasteiger partial charge >= 0.3 is 0 Å². The molecule has 2 atom stereocenters. The van der Waals surface area contributed by atoms with Crippen LogP contribution in [-0.4, -0.2) is 17.4 Å². The largest absolute Gasteiger partial charge is 0.349 e. The number of hydrogen-bond acceptors (Lipinski definition) is 4. The van der Waals surface area contributed by atoms with E-state index in [2.05, 4.69) is 17.2 Å². The molecule has 5 heteroatoms. The number of nitrogens with one attached hydrogen (secondary N) is 1. The van der Waals surface area contributed by atoms with Gasteiger partial charge < -0.3 is 11.1 Å². The Balaban J connectivity index is 1.88. The lowest BCUT2D eigenvalue weighted by molar-refractivity contribution is -0.126.